The molecule has 1 aromatic carbocycles. The van der Waals surface area contributed by atoms with E-state index in [4.69, 9.17) is 4.42 Å². The van der Waals surface area contributed by atoms with E-state index in [0.29, 0.717) is 24.1 Å². The molecule has 2 aromatic heterocycles. The molecule has 0 N–H and O–H groups in total. The van der Waals surface area contributed by atoms with E-state index in [1.807, 2.05) is 13.0 Å². The first kappa shape index (κ1) is 19.4. The molecule has 7 heteroatoms. The Kier molecular flexibility index (Phi) is 5.79. The number of hydrogen-bond acceptors (Lipinski definition) is 6. The number of rotatable bonds is 7. The molecule has 3 rings (SSSR count). The smallest absolute Gasteiger partial charge is 0.226 e. The maximum atomic E-state index is 5.57. The Morgan fingerprint density at radius 1 is 1.07 bits per heavy atom. The van der Waals surface area contributed by atoms with Gasteiger partial charge < -0.3 is 4.42 Å². The fraction of sp³-hybridized carbons (Fsp3) is 0.400. The predicted molar refractivity (Wildman–Crippen MR) is 108 cm³/mol. The third-order valence-corrected chi connectivity index (χ3v) is 5.13. The van der Waals surface area contributed by atoms with Crippen molar-refractivity contribution < 1.29 is 4.42 Å². The summed E-state index contributed by atoms with van der Waals surface area (Å²) in [6, 6.07) is 8.51. The molecule has 0 spiro atoms. The van der Waals surface area contributed by atoms with E-state index in [0.717, 1.165) is 23.0 Å². The summed E-state index contributed by atoms with van der Waals surface area (Å²) < 4.78 is 7.63. The number of allylic oxidation sites excluding steroid dienone is 1. The molecule has 0 radical (unpaired) electrons. The van der Waals surface area contributed by atoms with Gasteiger partial charge in [-0.3, -0.25) is 4.57 Å². The summed E-state index contributed by atoms with van der Waals surface area (Å²) in [4.78, 5) is 0. The van der Waals surface area contributed by atoms with E-state index in [1.165, 1.54) is 17.3 Å². The highest BCUT2D eigenvalue weighted by molar-refractivity contribution is 7.98. The number of thioether (sulfide) groups is 1. The van der Waals surface area contributed by atoms with Gasteiger partial charge in [-0.15, -0.1) is 27.0 Å². The van der Waals surface area contributed by atoms with E-state index >= 15 is 0 Å². The highest BCUT2D eigenvalue weighted by Gasteiger charge is 2.17. The van der Waals surface area contributed by atoms with Gasteiger partial charge in [0.2, 0.25) is 11.8 Å². The third kappa shape index (κ3) is 4.47. The maximum Gasteiger partial charge on any atom is 0.226 e. The molecule has 0 aliphatic heterocycles. The molecule has 0 bridgehead atoms. The van der Waals surface area contributed by atoms with Gasteiger partial charge in [0.25, 0.3) is 0 Å². The monoisotopic (exact) mass is 383 g/mol. The normalized spacial score (nSPS) is 11.7. The van der Waals surface area contributed by atoms with Crippen molar-refractivity contribution in [2.45, 2.75) is 57.0 Å². The maximum absolute atomic E-state index is 5.57. The largest absolute Gasteiger partial charge is 0.424 e. The molecule has 0 amide bonds. The van der Waals surface area contributed by atoms with Gasteiger partial charge in [-0.25, -0.2) is 0 Å². The number of hydrogen-bond donors (Lipinski definition) is 0. The van der Waals surface area contributed by atoms with Gasteiger partial charge in [-0.1, -0.05) is 69.8 Å². The minimum Gasteiger partial charge on any atom is -0.424 e. The Morgan fingerprint density at radius 3 is 2.37 bits per heavy atom. The molecule has 0 saturated carbocycles. The summed E-state index contributed by atoms with van der Waals surface area (Å²) in [6.45, 7) is 13.1. The molecule has 3 aromatic rings. The molecule has 6 nitrogen and oxygen atoms in total. The molecule has 0 atom stereocenters. The summed E-state index contributed by atoms with van der Waals surface area (Å²) in [7, 11) is 0. The molecular weight excluding hydrogens is 358 g/mol. The van der Waals surface area contributed by atoms with E-state index < -0.39 is 0 Å². The van der Waals surface area contributed by atoms with Crippen LogP contribution in [0.4, 0.5) is 0 Å². The van der Waals surface area contributed by atoms with E-state index in [1.54, 1.807) is 0 Å². The van der Waals surface area contributed by atoms with Crippen molar-refractivity contribution in [2.75, 3.05) is 0 Å². The van der Waals surface area contributed by atoms with Crippen LogP contribution in [0.25, 0.3) is 11.4 Å². The van der Waals surface area contributed by atoms with Crippen LogP contribution in [0.1, 0.15) is 45.0 Å². The van der Waals surface area contributed by atoms with Crippen LogP contribution in [0.3, 0.4) is 0 Å². The first-order valence-electron chi connectivity index (χ1n) is 9.01. The van der Waals surface area contributed by atoms with Gasteiger partial charge in [0.15, 0.2) is 11.0 Å². The van der Waals surface area contributed by atoms with Crippen molar-refractivity contribution in [2.24, 2.45) is 0 Å². The Balaban J connectivity index is 1.83. The lowest BCUT2D eigenvalue weighted by molar-refractivity contribution is 0.469. The molecule has 0 aliphatic rings. The quantitative estimate of drug-likeness (QED) is 0.436. The minimum absolute atomic E-state index is 0.121. The van der Waals surface area contributed by atoms with Gasteiger partial charge in [-0.2, -0.15) is 0 Å². The average Bonchev–Trinajstić information content (AvgIpc) is 3.26. The Morgan fingerprint density at radius 2 is 1.78 bits per heavy atom. The van der Waals surface area contributed by atoms with Gasteiger partial charge in [-0.05, 0) is 11.0 Å². The van der Waals surface area contributed by atoms with Crippen LogP contribution in [-0.2, 0) is 24.1 Å². The summed E-state index contributed by atoms with van der Waals surface area (Å²) in [5, 5.41) is 17.6. The second kappa shape index (κ2) is 8.08. The molecule has 27 heavy (non-hydrogen) atoms. The van der Waals surface area contributed by atoms with Gasteiger partial charge in [0.05, 0.1) is 5.75 Å². The number of nitrogens with zero attached hydrogens (tertiary/aromatic N) is 5. The van der Waals surface area contributed by atoms with Gasteiger partial charge >= 0.3 is 0 Å². The topological polar surface area (TPSA) is 69.6 Å². The fourth-order valence-electron chi connectivity index (χ4n) is 2.64. The van der Waals surface area contributed by atoms with Crippen LogP contribution >= 0.6 is 11.8 Å². The lowest BCUT2D eigenvalue weighted by Crippen LogP contribution is -2.10. The van der Waals surface area contributed by atoms with Crippen molar-refractivity contribution in [3.05, 3.63) is 54.3 Å². The zero-order valence-corrected chi connectivity index (χ0v) is 17.1. The molecule has 2 heterocycles. The molecule has 0 saturated heterocycles. The zero-order chi connectivity index (χ0) is 19.4. The average molecular weight is 384 g/mol. The van der Waals surface area contributed by atoms with Gasteiger partial charge in [0, 0.05) is 18.5 Å². The van der Waals surface area contributed by atoms with E-state index in [9.17, 15) is 0 Å². The SMILES string of the molecule is C=CCn1c(SCc2nnc(CC)o2)nnc1-c1ccc(C(C)(C)C)cc1. The number of aromatic nitrogens is 5. The predicted octanol–water partition coefficient (Wildman–Crippen LogP) is 4.67. The highest BCUT2D eigenvalue weighted by Crippen LogP contribution is 2.28. The summed E-state index contributed by atoms with van der Waals surface area (Å²) >= 11 is 1.53. The molecule has 0 fully saturated rings. The van der Waals surface area contributed by atoms with E-state index in [-0.39, 0.29) is 5.41 Å². The molecule has 0 unspecified atom stereocenters. The molecular formula is C20H25N5OS. The van der Waals surface area contributed by atoms with Crippen LogP contribution in [0.15, 0.2) is 46.5 Å². The molecule has 142 valence electrons. The first-order valence-corrected chi connectivity index (χ1v) is 10.00. The van der Waals surface area contributed by atoms with Crippen molar-refractivity contribution in [1.29, 1.82) is 0 Å². The lowest BCUT2D eigenvalue weighted by atomic mass is 9.87. The van der Waals surface area contributed by atoms with Crippen molar-refractivity contribution in [3.8, 4) is 11.4 Å². The van der Waals surface area contributed by atoms with Crippen LogP contribution in [0.5, 0.6) is 0 Å². The Labute approximate surface area is 164 Å². The van der Waals surface area contributed by atoms with Crippen LogP contribution < -0.4 is 0 Å². The first-order chi connectivity index (χ1) is 12.9. The third-order valence-electron chi connectivity index (χ3n) is 4.17. The second-order valence-electron chi connectivity index (χ2n) is 7.26. The fourth-order valence-corrected chi connectivity index (χ4v) is 3.42. The minimum atomic E-state index is 0.121. The standard InChI is InChI=1S/C20H25N5OS/c1-6-12-25-18(14-8-10-15(11-9-14)20(3,4)5)23-24-19(25)27-13-17-22-21-16(7-2)26-17/h6,8-11H,1,7,12-13H2,2-5H3. The second-order valence-corrected chi connectivity index (χ2v) is 8.21. The number of aryl methyl sites for hydroxylation is 1. The van der Waals surface area contributed by atoms with Crippen molar-refractivity contribution >= 4 is 11.8 Å². The Bertz CT molecular complexity index is 905. The molecule has 0 aliphatic carbocycles. The van der Waals surface area contributed by atoms with Crippen LogP contribution in [-0.4, -0.2) is 25.0 Å². The number of benzene rings is 1. The summed E-state index contributed by atoms with van der Waals surface area (Å²) in [6.07, 6.45) is 2.58. The lowest BCUT2D eigenvalue weighted by Gasteiger charge is -2.19. The summed E-state index contributed by atoms with van der Waals surface area (Å²) in [5.74, 6) is 2.64. The van der Waals surface area contributed by atoms with Crippen molar-refractivity contribution in [1.82, 2.24) is 25.0 Å². The highest BCUT2D eigenvalue weighted by atomic mass is 32.2. The van der Waals surface area contributed by atoms with E-state index in [2.05, 4.69) is 76.6 Å². The zero-order valence-electron chi connectivity index (χ0n) is 16.3. The van der Waals surface area contributed by atoms with Crippen LogP contribution in [0, 0.1) is 0 Å². The van der Waals surface area contributed by atoms with Gasteiger partial charge in [0.1, 0.15) is 0 Å². The van der Waals surface area contributed by atoms with Crippen molar-refractivity contribution in [3.63, 3.8) is 0 Å². The summed E-state index contributed by atoms with van der Waals surface area (Å²) in [5.41, 5.74) is 2.45. The van der Waals surface area contributed by atoms with Crippen LogP contribution in [0.2, 0.25) is 0 Å². The Hall–Kier alpha value is -2.41.